The van der Waals surface area contributed by atoms with Gasteiger partial charge >= 0.3 is 0 Å². The summed E-state index contributed by atoms with van der Waals surface area (Å²) in [6.45, 7) is 1.88. The van der Waals surface area contributed by atoms with Crippen molar-refractivity contribution >= 4 is 23.2 Å². The highest BCUT2D eigenvalue weighted by Gasteiger charge is 2.01. The number of benzene rings is 1. The average Bonchev–Trinajstić information content (AvgIpc) is 1.85. The second-order valence-electron chi connectivity index (χ2n) is 2.22. The van der Waals surface area contributed by atoms with Crippen LogP contribution in [-0.2, 0) is 0 Å². The number of hydrogen-bond donors (Lipinski definition) is 0. The summed E-state index contributed by atoms with van der Waals surface area (Å²) in [5, 5.41) is 1.16. The first kappa shape index (κ1) is 8.46. The van der Waals surface area contributed by atoms with Crippen LogP contribution in [0.25, 0.3) is 0 Å². The zero-order valence-corrected chi connectivity index (χ0v) is 7.50. The summed E-state index contributed by atoms with van der Waals surface area (Å²) in [6.07, 6.45) is 5.22. The zero-order chi connectivity index (χ0) is 8.43. The first-order chi connectivity index (χ1) is 5.15. The number of hydrogen-bond acceptors (Lipinski definition) is 0. The molecule has 56 valence electrons. The molecule has 0 amide bonds. The third kappa shape index (κ3) is 1.68. The molecule has 1 aromatic carbocycles. The first-order valence-electron chi connectivity index (χ1n) is 3.07. The van der Waals surface area contributed by atoms with E-state index in [1.807, 2.05) is 6.92 Å². The van der Waals surface area contributed by atoms with Crippen molar-refractivity contribution in [1.82, 2.24) is 0 Å². The lowest BCUT2D eigenvalue weighted by Gasteiger charge is -2.00. The lowest BCUT2D eigenvalue weighted by atomic mass is 10.1. The van der Waals surface area contributed by atoms with Crippen molar-refractivity contribution in [3.05, 3.63) is 33.3 Å². The molecule has 0 atom stereocenters. The molecule has 0 heterocycles. The molecule has 0 aliphatic heterocycles. The Kier molecular flexibility index (Phi) is 2.44. The standard InChI is InChI=1S/C9H6Cl2/c1-3-8-6(2)4-7(10)5-9(8)11/h1,4-5H,2H3. The molecular weight excluding hydrogens is 179 g/mol. The van der Waals surface area contributed by atoms with Gasteiger partial charge in [0, 0.05) is 10.6 Å². The molecule has 11 heavy (non-hydrogen) atoms. The molecule has 1 rings (SSSR count). The molecule has 0 radical (unpaired) electrons. The highest BCUT2D eigenvalue weighted by Crippen LogP contribution is 2.23. The summed E-state index contributed by atoms with van der Waals surface area (Å²) in [4.78, 5) is 0. The second-order valence-corrected chi connectivity index (χ2v) is 3.07. The smallest absolute Gasteiger partial charge is 0.0579 e. The van der Waals surface area contributed by atoms with Crippen LogP contribution in [0.4, 0.5) is 0 Å². The average molecular weight is 185 g/mol. The van der Waals surface area contributed by atoms with Crippen molar-refractivity contribution in [2.45, 2.75) is 6.92 Å². The van der Waals surface area contributed by atoms with Gasteiger partial charge in [-0.25, -0.2) is 0 Å². The van der Waals surface area contributed by atoms with Gasteiger partial charge in [0.1, 0.15) is 0 Å². The van der Waals surface area contributed by atoms with Crippen LogP contribution in [0.5, 0.6) is 0 Å². The predicted molar refractivity (Wildman–Crippen MR) is 49.1 cm³/mol. The molecule has 0 saturated heterocycles. The van der Waals surface area contributed by atoms with Crippen molar-refractivity contribution < 1.29 is 0 Å². The van der Waals surface area contributed by atoms with Crippen molar-refractivity contribution in [1.29, 1.82) is 0 Å². The highest BCUT2D eigenvalue weighted by atomic mass is 35.5. The normalized spacial score (nSPS) is 9.27. The van der Waals surface area contributed by atoms with Crippen LogP contribution in [0.1, 0.15) is 11.1 Å². The van der Waals surface area contributed by atoms with Gasteiger partial charge in [0.05, 0.1) is 5.02 Å². The van der Waals surface area contributed by atoms with Crippen molar-refractivity contribution in [3.8, 4) is 12.3 Å². The molecule has 2 heteroatoms. The Balaban J connectivity index is 3.40. The molecule has 0 nitrogen and oxygen atoms in total. The van der Waals surface area contributed by atoms with E-state index in [1.54, 1.807) is 12.1 Å². The molecule has 0 fully saturated rings. The van der Waals surface area contributed by atoms with Gasteiger partial charge in [-0.2, -0.15) is 0 Å². The van der Waals surface area contributed by atoms with Crippen molar-refractivity contribution in [3.63, 3.8) is 0 Å². The van der Waals surface area contributed by atoms with Gasteiger partial charge in [0.2, 0.25) is 0 Å². The van der Waals surface area contributed by atoms with Crippen LogP contribution >= 0.6 is 23.2 Å². The van der Waals surface area contributed by atoms with Gasteiger partial charge in [-0.05, 0) is 24.6 Å². The quantitative estimate of drug-likeness (QED) is 0.544. The highest BCUT2D eigenvalue weighted by molar-refractivity contribution is 6.35. The van der Waals surface area contributed by atoms with Crippen molar-refractivity contribution in [2.75, 3.05) is 0 Å². The van der Waals surface area contributed by atoms with Gasteiger partial charge in [-0.3, -0.25) is 0 Å². The van der Waals surface area contributed by atoms with Gasteiger partial charge in [0.15, 0.2) is 0 Å². The summed E-state index contributed by atoms with van der Waals surface area (Å²) >= 11 is 11.5. The Morgan fingerprint density at radius 2 is 2.00 bits per heavy atom. The van der Waals surface area contributed by atoms with Gasteiger partial charge in [0.25, 0.3) is 0 Å². The second kappa shape index (κ2) is 3.17. The molecule has 0 unspecified atom stereocenters. The molecule has 0 spiro atoms. The van der Waals surface area contributed by atoms with Crippen LogP contribution in [-0.4, -0.2) is 0 Å². The zero-order valence-electron chi connectivity index (χ0n) is 5.99. The van der Waals surface area contributed by atoms with E-state index in [0.29, 0.717) is 10.0 Å². The Bertz CT molecular complexity index is 298. The van der Waals surface area contributed by atoms with E-state index in [0.717, 1.165) is 11.1 Å². The maximum atomic E-state index is 5.81. The Morgan fingerprint density at radius 1 is 1.36 bits per heavy atom. The molecule has 0 aliphatic rings. The number of terminal acetylenes is 1. The van der Waals surface area contributed by atoms with E-state index in [2.05, 4.69) is 5.92 Å². The van der Waals surface area contributed by atoms with Gasteiger partial charge < -0.3 is 0 Å². The van der Waals surface area contributed by atoms with E-state index in [-0.39, 0.29) is 0 Å². The minimum atomic E-state index is 0.539. The van der Waals surface area contributed by atoms with Gasteiger partial charge in [-0.1, -0.05) is 29.1 Å². The van der Waals surface area contributed by atoms with E-state index in [4.69, 9.17) is 29.6 Å². The number of aryl methyl sites for hydroxylation is 1. The minimum Gasteiger partial charge on any atom is -0.115 e. The van der Waals surface area contributed by atoms with Crippen LogP contribution in [0.15, 0.2) is 12.1 Å². The summed E-state index contributed by atoms with van der Waals surface area (Å²) < 4.78 is 0. The fourth-order valence-electron chi connectivity index (χ4n) is 0.885. The third-order valence-electron chi connectivity index (χ3n) is 1.40. The van der Waals surface area contributed by atoms with E-state index >= 15 is 0 Å². The van der Waals surface area contributed by atoms with Gasteiger partial charge in [-0.15, -0.1) is 6.42 Å². The van der Waals surface area contributed by atoms with E-state index < -0.39 is 0 Å². The Morgan fingerprint density at radius 3 is 2.45 bits per heavy atom. The Hall–Kier alpha value is -0.640. The molecule has 0 N–H and O–H groups in total. The van der Waals surface area contributed by atoms with Crippen LogP contribution in [0.2, 0.25) is 10.0 Å². The van der Waals surface area contributed by atoms with E-state index in [9.17, 15) is 0 Å². The van der Waals surface area contributed by atoms with Crippen LogP contribution in [0.3, 0.4) is 0 Å². The summed E-state index contributed by atoms with van der Waals surface area (Å²) in [5.41, 5.74) is 1.65. The fourth-order valence-corrected chi connectivity index (χ4v) is 1.53. The maximum Gasteiger partial charge on any atom is 0.0579 e. The Labute approximate surface area is 76.1 Å². The maximum absolute atomic E-state index is 5.81. The molecule has 0 bridgehead atoms. The molecule has 0 saturated carbocycles. The lowest BCUT2D eigenvalue weighted by molar-refractivity contribution is 1.44. The first-order valence-corrected chi connectivity index (χ1v) is 3.83. The number of rotatable bonds is 0. The third-order valence-corrected chi connectivity index (χ3v) is 1.91. The van der Waals surface area contributed by atoms with Crippen LogP contribution < -0.4 is 0 Å². The summed E-state index contributed by atoms with van der Waals surface area (Å²) in [5.74, 6) is 2.50. The lowest BCUT2D eigenvalue weighted by Crippen LogP contribution is -1.83. The summed E-state index contributed by atoms with van der Waals surface area (Å²) in [6, 6.07) is 3.44. The minimum absolute atomic E-state index is 0.539. The number of halogens is 2. The van der Waals surface area contributed by atoms with E-state index in [1.165, 1.54) is 0 Å². The molecule has 1 aromatic rings. The largest absolute Gasteiger partial charge is 0.115 e. The fraction of sp³-hybridized carbons (Fsp3) is 0.111. The van der Waals surface area contributed by atoms with Crippen LogP contribution in [0, 0.1) is 19.3 Å². The molecule has 0 aromatic heterocycles. The SMILES string of the molecule is C#Cc1c(C)cc(Cl)cc1Cl. The monoisotopic (exact) mass is 184 g/mol. The predicted octanol–water partition coefficient (Wildman–Crippen LogP) is 3.28. The molecule has 0 aliphatic carbocycles. The van der Waals surface area contributed by atoms with Crippen molar-refractivity contribution in [2.24, 2.45) is 0 Å². The summed E-state index contributed by atoms with van der Waals surface area (Å²) in [7, 11) is 0. The molecular formula is C9H6Cl2. The topological polar surface area (TPSA) is 0 Å².